The number of aliphatic hydroxyl groups is 1. The van der Waals surface area contributed by atoms with Gasteiger partial charge < -0.3 is 30.3 Å². The van der Waals surface area contributed by atoms with Crippen LogP contribution < -0.4 is 16.0 Å². The summed E-state index contributed by atoms with van der Waals surface area (Å²) in [5, 5.41) is 19.0. The van der Waals surface area contributed by atoms with Crippen LogP contribution in [0.15, 0.2) is 30.3 Å². The third-order valence-corrected chi connectivity index (χ3v) is 10.1. The molecule has 1 aliphatic rings. The van der Waals surface area contributed by atoms with E-state index in [0.29, 0.717) is 12.1 Å². The molecule has 0 radical (unpaired) electrons. The molecular weight excluding hydrogens is 569 g/mol. The standard InChI is InChI=1S/C32H54N3O7P/c1-22(2)27(34-30(38)28(23(3)4)35-31(39)42-32(5,6)7)29(37)33-18-26(36)21-43(40,20-25-16-12-9-13-17-25)41-19-24-14-10-8-11-15-24/h8,10-11,14-15,22-23,25-28,36H,9,12-13,16-21H2,1-7H3,(H,33,37)(H,34,38)(H,35,39)/t26-,27-,28-,43?/m0/s1. The molecule has 2 rings (SSSR count). The van der Waals surface area contributed by atoms with Crippen LogP contribution in [0.3, 0.4) is 0 Å². The number of hydrogen-bond acceptors (Lipinski definition) is 7. The van der Waals surface area contributed by atoms with Crippen LogP contribution in [0, 0.1) is 17.8 Å². The smallest absolute Gasteiger partial charge is 0.408 e. The Morgan fingerprint density at radius 1 is 0.930 bits per heavy atom. The summed E-state index contributed by atoms with van der Waals surface area (Å²) < 4.78 is 25.3. The molecule has 1 fully saturated rings. The highest BCUT2D eigenvalue weighted by Gasteiger charge is 2.34. The molecule has 1 aromatic carbocycles. The molecule has 4 N–H and O–H groups in total. The molecule has 0 saturated heterocycles. The number of nitrogens with one attached hydrogen (secondary N) is 3. The van der Waals surface area contributed by atoms with E-state index in [2.05, 4.69) is 16.0 Å². The number of hydrogen-bond donors (Lipinski definition) is 4. The van der Waals surface area contributed by atoms with Gasteiger partial charge in [-0.3, -0.25) is 14.2 Å². The van der Waals surface area contributed by atoms with E-state index in [1.165, 1.54) is 6.42 Å². The highest BCUT2D eigenvalue weighted by atomic mass is 31.2. The lowest BCUT2D eigenvalue weighted by Gasteiger charge is -2.29. The first kappa shape index (κ1) is 36.8. The Labute approximate surface area is 257 Å². The summed E-state index contributed by atoms with van der Waals surface area (Å²) in [6.07, 6.45) is 3.94. The lowest BCUT2D eigenvalue weighted by molar-refractivity contribution is -0.131. The van der Waals surface area contributed by atoms with Crippen molar-refractivity contribution >= 4 is 25.3 Å². The highest BCUT2D eigenvalue weighted by Crippen LogP contribution is 2.51. The molecule has 1 saturated carbocycles. The fraction of sp³-hybridized carbons (Fsp3) is 0.719. The fourth-order valence-corrected chi connectivity index (χ4v) is 7.84. The van der Waals surface area contributed by atoms with Gasteiger partial charge in [0.15, 0.2) is 0 Å². The van der Waals surface area contributed by atoms with Gasteiger partial charge >= 0.3 is 6.09 Å². The van der Waals surface area contributed by atoms with Gasteiger partial charge in [-0.1, -0.05) is 77.3 Å². The summed E-state index contributed by atoms with van der Waals surface area (Å²) in [5.41, 5.74) is 0.182. The second-order valence-corrected chi connectivity index (χ2v) is 16.1. The van der Waals surface area contributed by atoms with E-state index in [-0.39, 0.29) is 31.1 Å². The minimum atomic E-state index is -3.21. The molecule has 1 unspecified atom stereocenters. The third-order valence-electron chi connectivity index (χ3n) is 7.44. The van der Waals surface area contributed by atoms with E-state index >= 15 is 0 Å². The van der Waals surface area contributed by atoms with E-state index < -0.39 is 49.1 Å². The van der Waals surface area contributed by atoms with E-state index in [9.17, 15) is 24.1 Å². The van der Waals surface area contributed by atoms with Crippen molar-refractivity contribution in [3.8, 4) is 0 Å². The molecule has 11 heteroatoms. The van der Waals surface area contributed by atoms with Crippen LogP contribution in [-0.2, 0) is 30.0 Å². The van der Waals surface area contributed by atoms with Crippen molar-refractivity contribution in [3.05, 3.63) is 35.9 Å². The van der Waals surface area contributed by atoms with Gasteiger partial charge in [0.25, 0.3) is 0 Å². The molecule has 0 heterocycles. The number of carbonyl (C=O) groups excluding carboxylic acids is 3. The molecular formula is C32H54N3O7P. The SMILES string of the molecule is CC(C)[C@H](NC(=O)OC(C)(C)C)C(=O)N[C@H](C(=O)NC[C@H](O)CP(=O)(CC1CCCCC1)OCc1ccccc1)C(C)C. The molecule has 4 atom stereocenters. The maximum absolute atomic E-state index is 14.0. The van der Waals surface area contributed by atoms with Crippen molar-refractivity contribution in [1.82, 2.24) is 16.0 Å². The van der Waals surface area contributed by atoms with Crippen molar-refractivity contribution in [1.29, 1.82) is 0 Å². The summed E-state index contributed by atoms with van der Waals surface area (Å²) >= 11 is 0. The molecule has 0 spiro atoms. The second-order valence-electron chi connectivity index (χ2n) is 13.4. The molecule has 43 heavy (non-hydrogen) atoms. The third kappa shape index (κ3) is 13.8. The maximum atomic E-state index is 14.0. The lowest BCUT2D eigenvalue weighted by Crippen LogP contribution is -2.57. The molecule has 10 nitrogen and oxygen atoms in total. The summed E-state index contributed by atoms with van der Waals surface area (Å²) in [6, 6.07) is 7.70. The number of rotatable bonds is 15. The molecule has 0 bridgehead atoms. The van der Waals surface area contributed by atoms with Crippen LogP contribution in [-0.4, -0.2) is 65.7 Å². The first-order chi connectivity index (χ1) is 20.1. The van der Waals surface area contributed by atoms with Gasteiger partial charge in [0, 0.05) is 12.7 Å². The molecule has 1 aliphatic carbocycles. The van der Waals surface area contributed by atoms with Gasteiger partial charge in [-0.05, 0) is 56.9 Å². The maximum Gasteiger partial charge on any atom is 0.408 e. The Morgan fingerprint density at radius 3 is 2.07 bits per heavy atom. The van der Waals surface area contributed by atoms with Gasteiger partial charge in [0.05, 0.1) is 18.9 Å². The predicted octanol–water partition coefficient (Wildman–Crippen LogP) is 5.23. The van der Waals surface area contributed by atoms with Crippen LogP contribution in [0.25, 0.3) is 0 Å². The normalized spacial score (nSPS) is 17.9. The summed E-state index contributed by atoms with van der Waals surface area (Å²) in [7, 11) is -3.21. The van der Waals surface area contributed by atoms with Crippen LogP contribution in [0.1, 0.15) is 86.1 Å². The number of alkyl carbamates (subject to hydrolysis) is 1. The first-order valence-electron chi connectivity index (χ1n) is 15.6. The van der Waals surface area contributed by atoms with Gasteiger partial charge in [-0.2, -0.15) is 0 Å². The van der Waals surface area contributed by atoms with E-state index in [1.807, 2.05) is 30.3 Å². The van der Waals surface area contributed by atoms with Crippen molar-refractivity contribution in [3.63, 3.8) is 0 Å². The number of benzene rings is 1. The number of amides is 3. The molecule has 0 aliphatic heterocycles. The number of carbonyl (C=O) groups is 3. The Hall–Kier alpha value is -2.42. The van der Waals surface area contributed by atoms with Crippen LogP contribution in [0.2, 0.25) is 0 Å². The summed E-state index contributed by atoms with van der Waals surface area (Å²) in [6.45, 7) is 12.4. The largest absolute Gasteiger partial charge is 0.444 e. The minimum absolute atomic E-state index is 0.0649. The van der Waals surface area contributed by atoms with Gasteiger partial charge in [0.1, 0.15) is 17.7 Å². The van der Waals surface area contributed by atoms with Crippen molar-refractivity contribution in [2.24, 2.45) is 17.8 Å². The van der Waals surface area contributed by atoms with E-state index in [1.54, 1.807) is 48.5 Å². The average Bonchev–Trinajstić information content (AvgIpc) is 2.92. The Morgan fingerprint density at radius 2 is 1.51 bits per heavy atom. The summed E-state index contributed by atoms with van der Waals surface area (Å²) in [5.74, 6) is -1.24. The van der Waals surface area contributed by atoms with Gasteiger partial charge in [-0.15, -0.1) is 0 Å². The predicted molar refractivity (Wildman–Crippen MR) is 169 cm³/mol. The van der Waals surface area contributed by atoms with Crippen LogP contribution in [0.5, 0.6) is 0 Å². The first-order valence-corrected chi connectivity index (χ1v) is 17.6. The molecule has 1 aromatic rings. The number of aliphatic hydroxyl groups excluding tert-OH is 1. The zero-order valence-electron chi connectivity index (χ0n) is 27.1. The van der Waals surface area contributed by atoms with E-state index in [4.69, 9.17) is 9.26 Å². The zero-order chi connectivity index (χ0) is 32.2. The van der Waals surface area contributed by atoms with Crippen molar-refractivity contribution in [2.45, 2.75) is 111 Å². The molecule has 3 amide bonds. The van der Waals surface area contributed by atoms with Crippen molar-refractivity contribution < 1.29 is 33.3 Å². The quantitative estimate of drug-likeness (QED) is 0.196. The van der Waals surface area contributed by atoms with Gasteiger partial charge in [0.2, 0.25) is 19.2 Å². The molecule has 0 aromatic heterocycles. The van der Waals surface area contributed by atoms with E-state index in [0.717, 1.165) is 31.2 Å². The van der Waals surface area contributed by atoms with Crippen LogP contribution >= 0.6 is 7.37 Å². The van der Waals surface area contributed by atoms with Gasteiger partial charge in [-0.25, -0.2) is 4.79 Å². The summed E-state index contributed by atoms with van der Waals surface area (Å²) in [4.78, 5) is 38.6. The van der Waals surface area contributed by atoms with Crippen LogP contribution in [0.4, 0.5) is 4.79 Å². The Kier molecular flexibility index (Phi) is 14.7. The monoisotopic (exact) mass is 623 g/mol. The number of ether oxygens (including phenoxy) is 1. The zero-order valence-corrected chi connectivity index (χ0v) is 28.0. The second kappa shape index (κ2) is 17.2. The Bertz CT molecular complexity index is 1070. The van der Waals surface area contributed by atoms with Crippen molar-refractivity contribution in [2.75, 3.05) is 18.9 Å². The average molecular weight is 624 g/mol. The highest BCUT2D eigenvalue weighted by molar-refractivity contribution is 7.59. The topological polar surface area (TPSA) is 143 Å². The molecule has 244 valence electrons. The minimum Gasteiger partial charge on any atom is -0.444 e. The Balaban J connectivity index is 2.01. The fourth-order valence-electron chi connectivity index (χ4n) is 5.17. The lowest BCUT2D eigenvalue weighted by atomic mass is 9.91.